The van der Waals surface area contributed by atoms with Gasteiger partial charge in [-0.25, -0.2) is 4.98 Å². The first-order valence-electron chi connectivity index (χ1n) is 5.22. The Hall–Kier alpha value is -1.43. The van der Waals surface area contributed by atoms with E-state index >= 15 is 0 Å². The van der Waals surface area contributed by atoms with Crippen molar-refractivity contribution < 1.29 is 9.53 Å². The molecule has 0 saturated carbocycles. The number of aromatic amines is 1. The number of ether oxygens (including phenoxy) is 1. The SMILES string of the molecule is Cc1nc(CN(C)C(=O)COC(C)C)n[nH]1. The van der Waals surface area contributed by atoms with Gasteiger partial charge < -0.3 is 9.64 Å². The van der Waals surface area contributed by atoms with Crippen LogP contribution in [0.1, 0.15) is 25.5 Å². The first-order valence-corrected chi connectivity index (χ1v) is 5.22. The summed E-state index contributed by atoms with van der Waals surface area (Å²) in [5.41, 5.74) is 0. The molecular formula is C10H18N4O2. The van der Waals surface area contributed by atoms with Gasteiger partial charge in [0.25, 0.3) is 0 Å². The van der Waals surface area contributed by atoms with Gasteiger partial charge in [-0.2, -0.15) is 5.10 Å². The number of hydrogen-bond donors (Lipinski definition) is 1. The standard InChI is InChI=1S/C10H18N4O2/c1-7(2)16-6-10(15)14(4)5-9-11-8(3)12-13-9/h7H,5-6H2,1-4H3,(H,11,12,13). The minimum absolute atomic E-state index is 0.0584. The molecule has 0 aliphatic heterocycles. The molecule has 1 amide bonds. The quantitative estimate of drug-likeness (QED) is 0.793. The van der Waals surface area contributed by atoms with Gasteiger partial charge >= 0.3 is 0 Å². The lowest BCUT2D eigenvalue weighted by Crippen LogP contribution is -2.31. The lowest BCUT2D eigenvalue weighted by atomic mass is 10.4. The molecule has 1 aromatic rings. The predicted molar refractivity (Wildman–Crippen MR) is 58.7 cm³/mol. The summed E-state index contributed by atoms with van der Waals surface area (Å²) in [5, 5.41) is 6.70. The van der Waals surface area contributed by atoms with Gasteiger partial charge in [-0.15, -0.1) is 0 Å². The third kappa shape index (κ3) is 3.98. The number of nitrogens with zero attached hydrogens (tertiary/aromatic N) is 3. The second-order valence-electron chi connectivity index (χ2n) is 3.95. The summed E-state index contributed by atoms with van der Waals surface area (Å²) in [7, 11) is 1.71. The first-order chi connectivity index (χ1) is 7.49. The zero-order chi connectivity index (χ0) is 12.1. The minimum atomic E-state index is -0.0730. The monoisotopic (exact) mass is 226 g/mol. The number of aryl methyl sites for hydroxylation is 1. The van der Waals surface area contributed by atoms with E-state index in [9.17, 15) is 4.79 Å². The van der Waals surface area contributed by atoms with Crippen molar-refractivity contribution in [2.75, 3.05) is 13.7 Å². The van der Waals surface area contributed by atoms with E-state index in [1.165, 1.54) is 0 Å². The normalized spacial score (nSPS) is 10.8. The molecule has 0 saturated heterocycles. The molecular weight excluding hydrogens is 208 g/mol. The van der Waals surface area contributed by atoms with Crippen molar-refractivity contribution in [3.8, 4) is 0 Å². The molecule has 6 heteroatoms. The fourth-order valence-corrected chi connectivity index (χ4v) is 1.11. The Morgan fingerprint density at radius 1 is 1.56 bits per heavy atom. The molecule has 1 heterocycles. The van der Waals surface area contributed by atoms with Crippen LogP contribution in [-0.2, 0) is 16.1 Å². The van der Waals surface area contributed by atoms with Gasteiger partial charge in [0.05, 0.1) is 12.6 Å². The maximum absolute atomic E-state index is 11.6. The van der Waals surface area contributed by atoms with Crippen LogP contribution in [0.25, 0.3) is 0 Å². The van der Waals surface area contributed by atoms with E-state index in [1.54, 1.807) is 11.9 Å². The molecule has 0 radical (unpaired) electrons. The van der Waals surface area contributed by atoms with Crippen LogP contribution in [0.2, 0.25) is 0 Å². The van der Waals surface area contributed by atoms with Crippen LogP contribution in [0, 0.1) is 6.92 Å². The highest BCUT2D eigenvalue weighted by Gasteiger charge is 2.12. The highest BCUT2D eigenvalue weighted by Crippen LogP contribution is 1.98. The van der Waals surface area contributed by atoms with E-state index in [2.05, 4.69) is 15.2 Å². The number of nitrogens with one attached hydrogen (secondary N) is 1. The van der Waals surface area contributed by atoms with Gasteiger partial charge in [-0.3, -0.25) is 9.89 Å². The second kappa shape index (κ2) is 5.60. The van der Waals surface area contributed by atoms with E-state index in [-0.39, 0.29) is 18.6 Å². The Kier molecular flexibility index (Phi) is 4.42. The van der Waals surface area contributed by atoms with E-state index in [0.717, 1.165) is 5.82 Å². The van der Waals surface area contributed by atoms with Crippen LogP contribution in [0.3, 0.4) is 0 Å². The molecule has 16 heavy (non-hydrogen) atoms. The molecule has 1 aromatic heterocycles. The average Bonchev–Trinajstić information content (AvgIpc) is 2.60. The van der Waals surface area contributed by atoms with Crippen LogP contribution >= 0.6 is 0 Å². The Morgan fingerprint density at radius 2 is 2.25 bits per heavy atom. The maximum Gasteiger partial charge on any atom is 0.248 e. The minimum Gasteiger partial charge on any atom is -0.369 e. The molecule has 0 aromatic carbocycles. The molecule has 1 N–H and O–H groups in total. The fraction of sp³-hybridized carbons (Fsp3) is 0.700. The van der Waals surface area contributed by atoms with Gasteiger partial charge in [0.15, 0.2) is 5.82 Å². The lowest BCUT2D eigenvalue weighted by Gasteiger charge is -2.16. The number of amides is 1. The number of carbonyl (C=O) groups excluding carboxylic acids is 1. The second-order valence-corrected chi connectivity index (χ2v) is 3.95. The van der Waals surface area contributed by atoms with Crippen LogP contribution in [0.15, 0.2) is 0 Å². The fourth-order valence-electron chi connectivity index (χ4n) is 1.11. The van der Waals surface area contributed by atoms with Crippen LogP contribution in [-0.4, -0.2) is 45.7 Å². The summed E-state index contributed by atoms with van der Waals surface area (Å²) >= 11 is 0. The van der Waals surface area contributed by atoms with Crippen molar-refractivity contribution in [1.29, 1.82) is 0 Å². The lowest BCUT2D eigenvalue weighted by molar-refractivity contribution is -0.136. The Bertz CT molecular complexity index is 348. The Balaban J connectivity index is 2.39. The number of rotatable bonds is 5. The van der Waals surface area contributed by atoms with Crippen molar-refractivity contribution in [2.45, 2.75) is 33.4 Å². The summed E-state index contributed by atoms with van der Waals surface area (Å²) in [4.78, 5) is 17.3. The highest BCUT2D eigenvalue weighted by atomic mass is 16.5. The van der Waals surface area contributed by atoms with Gasteiger partial charge in [0.2, 0.25) is 5.91 Å². The number of carbonyl (C=O) groups is 1. The smallest absolute Gasteiger partial charge is 0.248 e. The van der Waals surface area contributed by atoms with Crippen molar-refractivity contribution >= 4 is 5.91 Å². The van der Waals surface area contributed by atoms with Crippen molar-refractivity contribution in [2.24, 2.45) is 0 Å². The summed E-state index contributed by atoms with van der Waals surface area (Å²) < 4.78 is 5.23. The van der Waals surface area contributed by atoms with Gasteiger partial charge in [0, 0.05) is 7.05 Å². The van der Waals surface area contributed by atoms with E-state index < -0.39 is 0 Å². The van der Waals surface area contributed by atoms with Crippen molar-refractivity contribution in [3.05, 3.63) is 11.6 Å². The van der Waals surface area contributed by atoms with E-state index in [0.29, 0.717) is 12.4 Å². The molecule has 0 bridgehead atoms. The zero-order valence-corrected chi connectivity index (χ0v) is 10.1. The highest BCUT2D eigenvalue weighted by molar-refractivity contribution is 5.77. The molecule has 0 aliphatic carbocycles. The third-order valence-corrected chi connectivity index (χ3v) is 1.99. The van der Waals surface area contributed by atoms with Gasteiger partial charge in [0.1, 0.15) is 12.4 Å². The van der Waals surface area contributed by atoms with E-state index in [1.807, 2.05) is 20.8 Å². The number of aromatic nitrogens is 3. The van der Waals surface area contributed by atoms with Crippen molar-refractivity contribution in [3.63, 3.8) is 0 Å². The maximum atomic E-state index is 11.6. The summed E-state index contributed by atoms with van der Waals surface area (Å²) in [5.74, 6) is 1.28. The number of hydrogen-bond acceptors (Lipinski definition) is 4. The average molecular weight is 226 g/mol. The molecule has 0 atom stereocenters. The Morgan fingerprint density at radius 3 is 2.75 bits per heavy atom. The summed E-state index contributed by atoms with van der Waals surface area (Å²) in [6, 6.07) is 0. The summed E-state index contributed by atoms with van der Waals surface area (Å²) in [6.07, 6.45) is 0.0584. The first kappa shape index (κ1) is 12.6. The third-order valence-electron chi connectivity index (χ3n) is 1.99. The number of H-pyrrole nitrogens is 1. The number of likely N-dealkylation sites (N-methyl/N-ethyl adjacent to an activating group) is 1. The Labute approximate surface area is 95.0 Å². The van der Waals surface area contributed by atoms with Gasteiger partial charge in [-0.1, -0.05) is 0 Å². The molecule has 0 spiro atoms. The van der Waals surface area contributed by atoms with Crippen LogP contribution in [0.4, 0.5) is 0 Å². The molecule has 90 valence electrons. The molecule has 6 nitrogen and oxygen atoms in total. The topological polar surface area (TPSA) is 71.1 Å². The largest absolute Gasteiger partial charge is 0.369 e. The molecule has 0 unspecified atom stereocenters. The van der Waals surface area contributed by atoms with Crippen LogP contribution < -0.4 is 0 Å². The van der Waals surface area contributed by atoms with Gasteiger partial charge in [-0.05, 0) is 20.8 Å². The molecule has 0 fully saturated rings. The molecule has 0 aliphatic rings. The van der Waals surface area contributed by atoms with Crippen molar-refractivity contribution in [1.82, 2.24) is 20.1 Å². The van der Waals surface area contributed by atoms with E-state index in [4.69, 9.17) is 4.74 Å². The van der Waals surface area contributed by atoms with Crippen LogP contribution in [0.5, 0.6) is 0 Å². The zero-order valence-electron chi connectivity index (χ0n) is 10.1. The predicted octanol–water partition coefficient (Wildman–Crippen LogP) is 0.497. The molecule has 1 rings (SSSR count). The summed E-state index contributed by atoms with van der Waals surface area (Å²) in [6.45, 7) is 6.10.